The summed E-state index contributed by atoms with van der Waals surface area (Å²) in [5.41, 5.74) is -1.20. The van der Waals surface area contributed by atoms with Gasteiger partial charge in [0.25, 0.3) is 11.8 Å². The van der Waals surface area contributed by atoms with Crippen LogP contribution in [0, 0.1) is 11.7 Å². The number of amides is 4. The smallest absolute Gasteiger partial charge is 0.320 e. The van der Waals surface area contributed by atoms with Crippen molar-refractivity contribution in [1.29, 1.82) is 0 Å². The summed E-state index contributed by atoms with van der Waals surface area (Å²) in [7, 11) is 0. The highest BCUT2D eigenvalue weighted by molar-refractivity contribution is 6.30. The normalized spacial score (nSPS) is 22.1. The second-order valence-electron chi connectivity index (χ2n) is 6.42. The summed E-state index contributed by atoms with van der Waals surface area (Å²) < 4.78 is 13.3. The van der Waals surface area contributed by atoms with Gasteiger partial charge in [-0.05, 0) is 31.0 Å². The van der Waals surface area contributed by atoms with Gasteiger partial charge >= 0.3 is 6.03 Å². The molecule has 3 N–H and O–H groups in total. The molecule has 1 aliphatic carbocycles. The van der Waals surface area contributed by atoms with E-state index >= 15 is 0 Å². The Morgan fingerprint density at radius 1 is 1.37 bits per heavy atom. The number of urea groups is 1. The van der Waals surface area contributed by atoms with Gasteiger partial charge in [0.2, 0.25) is 0 Å². The van der Waals surface area contributed by atoms with Crippen molar-refractivity contribution in [3.63, 3.8) is 0 Å². The molecule has 140 valence electrons. The molecule has 1 aliphatic heterocycles. The van der Waals surface area contributed by atoms with Crippen LogP contribution >= 0.6 is 11.6 Å². The fraction of sp³-hybridized carbons (Fsp3) is 0.312. The van der Waals surface area contributed by atoms with E-state index in [4.69, 9.17) is 11.6 Å². The van der Waals surface area contributed by atoms with Crippen LogP contribution in [0.4, 0.5) is 9.18 Å². The Labute approximate surface area is 157 Å². The van der Waals surface area contributed by atoms with E-state index in [0.29, 0.717) is 18.5 Å². The number of hydrogen-bond donors (Lipinski definition) is 3. The van der Waals surface area contributed by atoms with Crippen LogP contribution in [0.15, 0.2) is 24.4 Å². The van der Waals surface area contributed by atoms with Crippen LogP contribution in [0.25, 0.3) is 5.69 Å². The molecular weight excluding hydrogens is 379 g/mol. The number of rotatable bonds is 4. The predicted octanol–water partition coefficient (Wildman–Crippen LogP) is 1.13. The van der Waals surface area contributed by atoms with Crippen molar-refractivity contribution in [3.05, 3.63) is 40.9 Å². The zero-order chi connectivity index (χ0) is 19.2. The second-order valence-corrected chi connectivity index (χ2v) is 6.82. The Hall–Kier alpha value is -3.01. The Kier molecular flexibility index (Phi) is 4.06. The minimum absolute atomic E-state index is 0.0666. The van der Waals surface area contributed by atoms with E-state index in [-0.39, 0.29) is 16.6 Å². The highest BCUT2D eigenvalue weighted by atomic mass is 35.5. The van der Waals surface area contributed by atoms with Crippen LogP contribution in [0.2, 0.25) is 5.02 Å². The molecule has 11 heteroatoms. The quantitative estimate of drug-likeness (QED) is 0.674. The SMILES string of the molecule is O=C1NC(=O)C(NC(=O)c2cnn(-c3ccc(F)c(Cl)c3)n2)(C2CCC2)N1. The number of carbonyl (C=O) groups excluding carboxylic acids is 3. The number of nitrogens with zero attached hydrogens (tertiary/aromatic N) is 3. The highest BCUT2D eigenvalue weighted by Gasteiger charge is 2.55. The summed E-state index contributed by atoms with van der Waals surface area (Å²) >= 11 is 5.74. The van der Waals surface area contributed by atoms with E-state index < -0.39 is 29.3 Å². The zero-order valence-corrected chi connectivity index (χ0v) is 14.6. The fourth-order valence-electron chi connectivity index (χ4n) is 3.13. The number of hydrogen-bond acceptors (Lipinski definition) is 5. The first-order valence-corrected chi connectivity index (χ1v) is 8.61. The van der Waals surface area contributed by atoms with Crippen LogP contribution in [0.1, 0.15) is 29.8 Å². The number of carbonyl (C=O) groups is 3. The molecule has 9 nitrogen and oxygen atoms in total. The monoisotopic (exact) mass is 392 g/mol. The average molecular weight is 393 g/mol. The van der Waals surface area contributed by atoms with Gasteiger partial charge in [-0.2, -0.15) is 9.90 Å². The standard InChI is InChI=1S/C16H14ClFN6O3/c17-10-6-9(4-5-11(10)18)24-19-7-12(23-24)13(25)21-16(8-2-1-3-8)14(26)20-15(27)22-16/h4-8H,1-3H2,(H,21,25)(H2,20,22,26,27). The minimum Gasteiger partial charge on any atom is -0.320 e. The molecule has 1 aromatic heterocycles. The maximum atomic E-state index is 13.3. The molecule has 1 atom stereocenters. The third kappa shape index (κ3) is 2.91. The van der Waals surface area contributed by atoms with E-state index in [0.717, 1.165) is 17.3 Å². The first-order chi connectivity index (χ1) is 12.9. The van der Waals surface area contributed by atoms with Crippen molar-refractivity contribution in [2.24, 2.45) is 5.92 Å². The summed E-state index contributed by atoms with van der Waals surface area (Å²) in [6, 6.07) is 3.23. The molecule has 1 saturated heterocycles. The van der Waals surface area contributed by atoms with Crippen molar-refractivity contribution in [2.75, 3.05) is 0 Å². The first-order valence-electron chi connectivity index (χ1n) is 8.23. The number of halogens is 2. The van der Waals surface area contributed by atoms with Crippen molar-refractivity contribution in [1.82, 2.24) is 30.9 Å². The minimum atomic E-state index is -1.49. The first kappa shape index (κ1) is 17.4. The van der Waals surface area contributed by atoms with Gasteiger partial charge in [0.05, 0.1) is 16.9 Å². The average Bonchev–Trinajstić information content (AvgIpc) is 3.14. The maximum absolute atomic E-state index is 13.3. The molecule has 2 aliphatic rings. The van der Waals surface area contributed by atoms with Crippen molar-refractivity contribution in [2.45, 2.75) is 24.9 Å². The lowest BCUT2D eigenvalue weighted by Crippen LogP contribution is -2.66. The highest BCUT2D eigenvalue weighted by Crippen LogP contribution is 2.36. The van der Waals surface area contributed by atoms with Crippen LogP contribution < -0.4 is 16.0 Å². The van der Waals surface area contributed by atoms with E-state index in [2.05, 4.69) is 26.1 Å². The van der Waals surface area contributed by atoms with Gasteiger partial charge < -0.3 is 10.6 Å². The van der Waals surface area contributed by atoms with Crippen molar-refractivity contribution < 1.29 is 18.8 Å². The van der Waals surface area contributed by atoms with Gasteiger partial charge in [0, 0.05) is 5.92 Å². The molecule has 0 radical (unpaired) electrons. The molecule has 0 spiro atoms. The number of nitrogens with one attached hydrogen (secondary N) is 3. The van der Waals surface area contributed by atoms with E-state index in [9.17, 15) is 18.8 Å². The Bertz CT molecular complexity index is 959. The Morgan fingerprint density at radius 3 is 2.74 bits per heavy atom. The third-order valence-electron chi connectivity index (χ3n) is 4.78. The van der Waals surface area contributed by atoms with Gasteiger partial charge in [-0.1, -0.05) is 18.0 Å². The van der Waals surface area contributed by atoms with E-state index in [1.807, 2.05) is 0 Å². The number of aromatic nitrogens is 3. The van der Waals surface area contributed by atoms with Gasteiger partial charge in [0.1, 0.15) is 5.82 Å². The molecule has 0 bridgehead atoms. The van der Waals surface area contributed by atoms with Crippen LogP contribution in [0.5, 0.6) is 0 Å². The predicted molar refractivity (Wildman–Crippen MR) is 90.5 cm³/mol. The fourth-order valence-corrected chi connectivity index (χ4v) is 3.31. The van der Waals surface area contributed by atoms with Crippen molar-refractivity contribution in [3.8, 4) is 5.69 Å². The molecule has 1 unspecified atom stereocenters. The molecule has 2 heterocycles. The summed E-state index contributed by atoms with van der Waals surface area (Å²) in [6.07, 6.45) is 3.52. The molecular formula is C16H14ClFN6O3. The lowest BCUT2D eigenvalue weighted by atomic mass is 9.75. The molecule has 2 fully saturated rings. The maximum Gasteiger partial charge on any atom is 0.323 e. The largest absolute Gasteiger partial charge is 0.323 e. The van der Waals surface area contributed by atoms with Crippen LogP contribution in [-0.4, -0.2) is 38.5 Å². The molecule has 27 heavy (non-hydrogen) atoms. The number of imide groups is 1. The van der Waals surface area contributed by atoms with Gasteiger partial charge in [-0.15, -0.1) is 5.10 Å². The summed E-state index contributed by atoms with van der Waals surface area (Å²) in [6.45, 7) is 0. The molecule has 1 saturated carbocycles. The Morgan fingerprint density at radius 2 is 2.15 bits per heavy atom. The van der Waals surface area contributed by atoms with Crippen LogP contribution in [-0.2, 0) is 4.79 Å². The van der Waals surface area contributed by atoms with E-state index in [1.54, 1.807) is 0 Å². The van der Waals surface area contributed by atoms with Crippen LogP contribution in [0.3, 0.4) is 0 Å². The lowest BCUT2D eigenvalue weighted by molar-refractivity contribution is -0.128. The third-order valence-corrected chi connectivity index (χ3v) is 5.07. The van der Waals surface area contributed by atoms with Gasteiger partial charge in [-0.25, -0.2) is 9.18 Å². The second kappa shape index (κ2) is 6.31. The topological polar surface area (TPSA) is 118 Å². The summed E-state index contributed by atoms with van der Waals surface area (Å²) in [4.78, 5) is 37.7. The molecule has 1 aromatic carbocycles. The zero-order valence-electron chi connectivity index (χ0n) is 13.8. The number of benzene rings is 1. The molecule has 4 rings (SSSR count). The van der Waals surface area contributed by atoms with Gasteiger partial charge in [0.15, 0.2) is 11.4 Å². The Balaban J connectivity index is 1.58. The van der Waals surface area contributed by atoms with Gasteiger partial charge in [-0.3, -0.25) is 14.9 Å². The van der Waals surface area contributed by atoms with E-state index in [1.165, 1.54) is 18.3 Å². The summed E-state index contributed by atoms with van der Waals surface area (Å²) in [5.74, 6) is -2.04. The molecule has 2 aromatic rings. The molecule has 4 amide bonds. The summed E-state index contributed by atoms with van der Waals surface area (Å²) in [5, 5.41) is 15.2. The lowest BCUT2D eigenvalue weighted by Gasteiger charge is -2.40. The van der Waals surface area contributed by atoms with Crippen molar-refractivity contribution >= 4 is 29.4 Å².